The quantitative estimate of drug-likeness (QED) is 0.343. The summed E-state index contributed by atoms with van der Waals surface area (Å²) in [4.78, 5) is 53.3. The Morgan fingerprint density at radius 2 is 1.50 bits per heavy atom. The number of methoxy groups -OCH3 is 1. The van der Waals surface area contributed by atoms with Gasteiger partial charge in [0.05, 0.1) is 41.8 Å². The van der Waals surface area contributed by atoms with Gasteiger partial charge in [0.1, 0.15) is 5.58 Å². The van der Waals surface area contributed by atoms with E-state index in [1.807, 2.05) is 13.8 Å². The van der Waals surface area contributed by atoms with Crippen molar-refractivity contribution < 1.29 is 28.3 Å². The van der Waals surface area contributed by atoms with Crippen molar-refractivity contribution in [3.63, 3.8) is 0 Å². The van der Waals surface area contributed by atoms with Gasteiger partial charge in [-0.1, -0.05) is 12.1 Å². The molecule has 0 aliphatic carbocycles. The second-order valence-corrected chi connectivity index (χ2v) is 9.07. The molecule has 5 rings (SSSR count). The van der Waals surface area contributed by atoms with E-state index in [1.165, 1.54) is 12.0 Å². The van der Waals surface area contributed by atoms with Gasteiger partial charge in [0, 0.05) is 5.69 Å². The van der Waals surface area contributed by atoms with Crippen LogP contribution in [0.1, 0.15) is 66.5 Å². The fraction of sp³-hybridized carbons (Fsp3) is 0.200. The topological polar surface area (TPSA) is 103 Å². The van der Waals surface area contributed by atoms with Crippen molar-refractivity contribution in [1.82, 2.24) is 0 Å². The molecule has 0 saturated heterocycles. The summed E-state index contributed by atoms with van der Waals surface area (Å²) in [7, 11) is 1.30. The number of ether oxygens (including phenoxy) is 2. The first-order valence-corrected chi connectivity index (χ1v) is 12.1. The van der Waals surface area contributed by atoms with E-state index in [4.69, 9.17) is 13.9 Å². The van der Waals surface area contributed by atoms with Gasteiger partial charge in [-0.2, -0.15) is 0 Å². The summed E-state index contributed by atoms with van der Waals surface area (Å²) in [6.07, 6.45) is 0. The lowest BCUT2D eigenvalue weighted by Crippen LogP contribution is -2.29. The van der Waals surface area contributed by atoms with Gasteiger partial charge in [-0.05, 0) is 86.0 Å². The number of benzene rings is 3. The van der Waals surface area contributed by atoms with Crippen LogP contribution in [0.3, 0.4) is 0 Å². The number of hydrogen-bond donors (Lipinski definition) is 0. The molecule has 1 amide bonds. The van der Waals surface area contributed by atoms with Crippen LogP contribution in [0.5, 0.6) is 0 Å². The molecule has 0 saturated carbocycles. The molecule has 38 heavy (non-hydrogen) atoms. The standard InChI is InChI=1S/C30H25NO7/c1-5-37-30(35)20-10-12-21(13-11-20)31-25(18-6-8-19(9-7-18)29(34)36-4)24-26(32)22-14-16(2)17(3)15-23(22)38-27(24)28(31)33/h6-15,25H,5H2,1-4H3. The lowest BCUT2D eigenvalue weighted by molar-refractivity contribution is 0.0525. The van der Waals surface area contributed by atoms with E-state index in [-0.39, 0.29) is 23.4 Å². The maximum Gasteiger partial charge on any atom is 0.338 e. The monoisotopic (exact) mass is 511 g/mol. The van der Waals surface area contributed by atoms with Crippen molar-refractivity contribution in [2.45, 2.75) is 26.8 Å². The van der Waals surface area contributed by atoms with Crippen LogP contribution in [0.25, 0.3) is 11.0 Å². The van der Waals surface area contributed by atoms with Crippen molar-refractivity contribution >= 4 is 34.5 Å². The van der Waals surface area contributed by atoms with E-state index in [2.05, 4.69) is 0 Å². The fourth-order valence-corrected chi connectivity index (χ4v) is 4.70. The van der Waals surface area contributed by atoms with E-state index in [0.29, 0.717) is 33.3 Å². The molecule has 0 fully saturated rings. The first kappa shape index (κ1) is 25.0. The third kappa shape index (κ3) is 4.04. The molecule has 8 heteroatoms. The van der Waals surface area contributed by atoms with Crippen LogP contribution in [0, 0.1) is 13.8 Å². The summed E-state index contributed by atoms with van der Waals surface area (Å²) in [5.41, 5.74) is 3.86. The first-order valence-electron chi connectivity index (χ1n) is 12.1. The SMILES string of the molecule is CCOC(=O)c1ccc(N2C(=O)c3oc4cc(C)c(C)cc4c(=O)c3C2c2ccc(C(=O)OC)cc2)cc1. The molecule has 1 aromatic heterocycles. The number of carbonyl (C=O) groups excluding carboxylic acids is 3. The van der Waals surface area contributed by atoms with Crippen LogP contribution >= 0.6 is 0 Å². The Morgan fingerprint density at radius 3 is 2.13 bits per heavy atom. The molecule has 1 aliphatic heterocycles. The minimum absolute atomic E-state index is 0.0396. The van der Waals surface area contributed by atoms with Crippen LogP contribution < -0.4 is 10.3 Å². The van der Waals surface area contributed by atoms with Gasteiger partial charge in [0.25, 0.3) is 5.91 Å². The van der Waals surface area contributed by atoms with Gasteiger partial charge in [-0.3, -0.25) is 14.5 Å². The molecule has 8 nitrogen and oxygen atoms in total. The molecule has 0 radical (unpaired) electrons. The third-order valence-corrected chi connectivity index (χ3v) is 6.79. The van der Waals surface area contributed by atoms with Crippen molar-refractivity contribution in [3.8, 4) is 0 Å². The van der Waals surface area contributed by atoms with E-state index >= 15 is 0 Å². The Hall–Kier alpha value is -4.72. The van der Waals surface area contributed by atoms with Gasteiger partial charge < -0.3 is 13.9 Å². The molecule has 0 N–H and O–H groups in total. The number of hydrogen-bond acceptors (Lipinski definition) is 7. The second kappa shape index (κ2) is 9.63. The Balaban J connectivity index is 1.70. The molecule has 192 valence electrons. The highest BCUT2D eigenvalue weighted by Crippen LogP contribution is 2.41. The average molecular weight is 512 g/mol. The highest BCUT2D eigenvalue weighted by Gasteiger charge is 2.43. The molecule has 1 unspecified atom stereocenters. The van der Waals surface area contributed by atoms with Crippen LogP contribution in [0.2, 0.25) is 0 Å². The summed E-state index contributed by atoms with van der Waals surface area (Å²) in [6, 6.07) is 15.6. The van der Waals surface area contributed by atoms with Crippen molar-refractivity contribution in [1.29, 1.82) is 0 Å². The van der Waals surface area contributed by atoms with Crippen LogP contribution in [-0.4, -0.2) is 31.6 Å². The van der Waals surface area contributed by atoms with Crippen molar-refractivity contribution in [3.05, 3.63) is 110 Å². The molecule has 3 aromatic carbocycles. The molecule has 0 spiro atoms. The lowest BCUT2D eigenvalue weighted by Gasteiger charge is -2.25. The van der Waals surface area contributed by atoms with E-state index in [1.54, 1.807) is 67.6 Å². The minimum Gasteiger partial charge on any atom is -0.465 e. The summed E-state index contributed by atoms with van der Waals surface area (Å²) in [5, 5.41) is 0.385. The number of carbonyl (C=O) groups is 3. The van der Waals surface area contributed by atoms with Gasteiger partial charge in [-0.15, -0.1) is 0 Å². The number of aryl methyl sites for hydroxylation is 2. The first-order chi connectivity index (χ1) is 18.2. The second-order valence-electron chi connectivity index (χ2n) is 9.07. The summed E-state index contributed by atoms with van der Waals surface area (Å²) < 4.78 is 15.9. The van der Waals surface area contributed by atoms with Crippen molar-refractivity contribution in [2.75, 3.05) is 18.6 Å². The average Bonchev–Trinajstić information content (AvgIpc) is 3.22. The number of rotatable bonds is 5. The maximum atomic E-state index is 13.9. The number of amides is 1. The van der Waals surface area contributed by atoms with Crippen LogP contribution in [-0.2, 0) is 9.47 Å². The molecular weight excluding hydrogens is 486 g/mol. The summed E-state index contributed by atoms with van der Waals surface area (Å²) >= 11 is 0. The molecule has 0 bridgehead atoms. The predicted octanol–water partition coefficient (Wildman–Crippen LogP) is 5.12. The van der Waals surface area contributed by atoms with Crippen molar-refractivity contribution in [2.24, 2.45) is 0 Å². The van der Waals surface area contributed by atoms with Gasteiger partial charge in [-0.25, -0.2) is 9.59 Å². The third-order valence-electron chi connectivity index (χ3n) is 6.79. The van der Waals surface area contributed by atoms with E-state index in [0.717, 1.165) is 11.1 Å². The minimum atomic E-state index is -0.820. The predicted molar refractivity (Wildman–Crippen MR) is 141 cm³/mol. The zero-order chi connectivity index (χ0) is 27.1. The highest BCUT2D eigenvalue weighted by molar-refractivity contribution is 6.11. The molecule has 1 aliphatic rings. The molecule has 1 atom stereocenters. The van der Waals surface area contributed by atoms with E-state index < -0.39 is 23.9 Å². The Morgan fingerprint density at radius 1 is 0.895 bits per heavy atom. The Kier molecular flexibility index (Phi) is 6.32. The Bertz CT molecular complexity index is 1650. The Labute approximate surface area is 218 Å². The maximum absolute atomic E-state index is 13.9. The van der Waals surface area contributed by atoms with Gasteiger partial charge in [0.2, 0.25) is 5.76 Å². The molecular formula is C30H25NO7. The fourth-order valence-electron chi connectivity index (χ4n) is 4.70. The normalized spacial score (nSPS) is 14.5. The molecule has 4 aromatic rings. The summed E-state index contributed by atoms with van der Waals surface area (Å²) in [5.74, 6) is -1.49. The number of fused-ring (bicyclic) bond motifs is 2. The van der Waals surface area contributed by atoms with Gasteiger partial charge in [0.15, 0.2) is 5.43 Å². The van der Waals surface area contributed by atoms with Gasteiger partial charge >= 0.3 is 11.9 Å². The number of nitrogens with zero attached hydrogens (tertiary/aromatic N) is 1. The number of anilines is 1. The van der Waals surface area contributed by atoms with E-state index in [9.17, 15) is 19.2 Å². The molecule has 2 heterocycles. The lowest BCUT2D eigenvalue weighted by atomic mass is 9.96. The van der Waals surface area contributed by atoms with Crippen LogP contribution in [0.15, 0.2) is 69.9 Å². The van der Waals surface area contributed by atoms with Crippen LogP contribution in [0.4, 0.5) is 5.69 Å². The number of esters is 2. The summed E-state index contributed by atoms with van der Waals surface area (Å²) in [6.45, 7) is 5.78. The zero-order valence-electron chi connectivity index (χ0n) is 21.4. The smallest absolute Gasteiger partial charge is 0.338 e. The largest absolute Gasteiger partial charge is 0.465 e. The highest BCUT2D eigenvalue weighted by atomic mass is 16.5. The zero-order valence-corrected chi connectivity index (χ0v) is 21.4.